The van der Waals surface area contributed by atoms with Gasteiger partial charge in [-0.25, -0.2) is 49.8 Å². The second-order valence-electron chi connectivity index (χ2n) is 28.4. The van der Waals surface area contributed by atoms with Crippen molar-refractivity contribution in [2.45, 2.75) is 0 Å². The molecule has 0 aliphatic rings. The molecular formula is C98H52N10O2S4. The zero-order valence-corrected chi connectivity index (χ0v) is 63.2. The lowest BCUT2D eigenvalue weighted by molar-refractivity contribution is 0.669. The fourth-order valence-electron chi connectivity index (χ4n) is 16.3. The van der Waals surface area contributed by atoms with Crippen molar-refractivity contribution in [3.63, 3.8) is 0 Å². The Balaban J connectivity index is 0.593. The van der Waals surface area contributed by atoms with Gasteiger partial charge in [0.2, 0.25) is 0 Å². The molecule has 0 spiro atoms. The molecular weight excluding hydrogens is 1480 g/mol. The summed E-state index contributed by atoms with van der Waals surface area (Å²) in [4.78, 5) is 53.4. The molecule has 0 N–H and O–H groups in total. The molecule has 16 heteroatoms. The van der Waals surface area contributed by atoms with E-state index in [1.165, 1.54) is 20.2 Å². The molecule has 0 unspecified atom stereocenters. The van der Waals surface area contributed by atoms with Gasteiger partial charge in [0.15, 0.2) is 46.6 Å². The maximum Gasteiger partial charge on any atom is 0.167 e. The largest absolute Gasteiger partial charge is 0.455 e. The average Bonchev–Trinajstić information content (AvgIpc) is 1.58. The second kappa shape index (κ2) is 25.7. The van der Waals surface area contributed by atoms with E-state index >= 15 is 0 Å². The van der Waals surface area contributed by atoms with Crippen LogP contribution in [0.2, 0.25) is 0 Å². The molecule has 0 saturated carbocycles. The molecule has 10 heterocycles. The standard InChI is InChI=1S/C98H52N10O2S4/c1-5-22-53(23-6-1)81-89-83(65-31-14-16-43-77(65)113-89)102-95(100-81)69-37-17-32-62-60-47-45-59(51-75(60)110-85(62)69)93-103-91(55-26-9-3-10-27-55)105-97(107-93)72-40-19-34-64-73-50-57(46-49-78(73)112-88(64)72)58-44-48-66-79(52-58)114-90-82(54-24-7-2-8-25-54)99-94(101-84(66)90)68-36-21-41-74-80(68)67-35-20-38-70(86(67)109-74)96-104-92(56-28-11-4-12-29-56)106-98(108-96)71-39-18-33-63-61-30-13-15-42-76(61)111-87(63)71/h1-52H. The van der Waals surface area contributed by atoms with E-state index in [4.69, 9.17) is 58.7 Å². The van der Waals surface area contributed by atoms with E-state index in [2.05, 4.69) is 218 Å². The topological polar surface area (TPSA) is 155 Å². The Hall–Kier alpha value is -14.3. The number of rotatable bonds is 11. The van der Waals surface area contributed by atoms with Gasteiger partial charge in [-0.3, -0.25) is 0 Å². The molecule has 0 amide bonds. The van der Waals surface area contributed by atoms with Crippen molar-refractivity contribution in [1.82, 2.24) is 49.8 Å². The third-order valence-corrected chi connectivity index (χ3v) is 26.4. The van der Waals surface area contributed by atoms with Crippen molar-refractivity contribution in [3.05, 3.63) is 315 Å². The lowest BCUT2D eigenvalue weighted by atomic mass is 10.0. The number of fused-ring (bicyclic) bond motifs is 18. The van der Waals surface area contributed by atoms with Gasteiger partial charge in [0, 0.05) is 127 Å². The van der Waals surface area contributed by atoms with Crippen molar-refractivity contribution in [1.29, 1.82) is 0 Å². The minimum atomic E-state index is 0.511. The maximum atomic E-state index is 7.01. The van der Waals surface area contributed by atoms with Crippen molar-refractivity contribution in [2.75, 3.05) is 0 Å². The van der Waals surface area contributed by atoms with E-state index in [1.54, 1.807) is 45.3 Å². The predicted molar refractivity (Wildman–Crippen MR) is 470 cm³/mol. The minimum absolute atomic E-state index is 0.511. The normalized spacial score (nSPS) is 12.0. The third kappa shape index (κ3) is 10.4. The summed E-state index contributed by atoms with van der Waals surface area (Å²) in [7, 11) is 0. The van der Waals surface area contributed by atoms with Crippen LogP contribution in [0.4, 0.5) is 0 Å². The molecule has 24 rings (SSSR count). The number of aromatic nitrogens is 10. The summed E-state index contributed by atoms with van der Waals surface area (Å²) in [5, 5.41) is 10.5. The van der Waals surface area contributed by atoms with Crippen LogP contribution >= 0.6 is 45.3 Å². The number of benzene rings is 14. The summed E-state index contributed by atoms with van der Waals surface area (Å²) in [6.45, 7) is 0. The van der Waals surface area contributed by atoms with Crippen LogP contribution in [0.3, 0.4) is 0 Å². The van der Waals surface area contributed by atoms with Crippen LogP contribution in [0.1, 0.15) is 0 Å². The lowest BCUT2D eigenvalue weighted by Crippen LogP contribution is -2.00. The number of furan rings is 2. The van der Waals surface area contributed by atoms with Gasteiger partial charge >= 0.3 is 0 Å². The van der Waals surface area contributed by atoms with Crippen LogP contribution in [0.25, 0.3) is 250 Å². The molecule has 14 aromatic carbocycles. The first-order valence-corrected chi connectivity index (χ1v) is 40.7. The Labute approximate surface area is 664 Å². The minimum Gasteiger partial charge on any atom is -0.455 e. The summed E-state index contributed by atoms with van der Waals surface area (Å²) in [6, 6.07) is 109. The van der Waals surface area contributed by atoms with Gasteiger partial charge in [0.05, 0.1) is 42.9 Å². The van der Waals surface area contributed by atoms with Gasteiger partial charge < -0.3 is 8.83 Å². The van der Waals surface area contributed by atoms with Gasteiger partial charge in [0.1, 0.15) is 22.3 Å². The lowest BCUT2D eigenvalue weighted by Gasteiger charge is -2.09. The Morgan fingerprint density at radius 1 is 0.193 bits per heavy atom. The zero-order valence-electron chi connectivity index (χ0n) is 59.9. The molecule has 12 nitrogen and oxygen atoms in total. The monoisotopic (exact) mass is 1530 g/mol. The van der Waals surface area contributed by atoms with Gasteiger partial charge in [-0.15, -0.1) is 45.3 Å². The van der Waals surface area contributed by atoms with E-state index in [1.807, 2.05) is 97.1 Å². The highest BCUT2D eigenvalue weighted by atomic mass is 32.1. The van der Waals surface area contributed by atoms with Crippen molar-refractivity contribution in [2.24, 2.45) is 0 Å². The van der Waals surface area contributed by atoms with Crippen LogP contribution in [0.15, 0.2) is 324 Å². The van der Waals surface area contributed by atoms with Gasteiger partial charge in [-0.05, 0) is 83.9 Å². The molecule has 0 aliphatic heterocycles. The third-order valence-electron chi connectivity index (χ3n) is 21.7. The number of para-hydroxylation sites is 2. The summed E-state index contributed by atoms with van der Waals surface area (Å²) >= 11 is 6.95. The molecule has 24 aromatic rings. The molecule has 0 bridgehead atoms. The first-order chi connectivity index (χ1) is 56.4. The van der Waals surface area contributed by atoms with Crippen LogP contribution in [-0.4, -0.2) is 49.8 Å². The first-order valence-electron chi connectivity index (χ1n) is 37.4. The quantitative estimate of drug-likeness (QED) is 0.121. The second-order valence-corrected chi connectivity index (χ2v) is 32.6. The van der Waals surface area contributed by atoms with E-state index in [0.717, 1.165) is 160 Å². The number of hydrogen-bond acceptors (Lipinski definition) is 16. The number of nitrogens with zero attached hydrogens (tertiary/aromatic N) is 10. The Morgan fingerprint density at radius 3 is 1.23 bits per heavy atom. The SMILES string of the molecule is c1ccc(-c2nc(-c3ccc4c(c3)oc3c(-c5nc(-c6ccccc6)c6sc7ccccc7c6n5)cccc34)nc(-c3cccc4c3sc3ccc(-c5ccc6c(c5)sc5c(-c7ccccc7)nc(-c7cccc8oc9c(-c%10nc(-c%11ccccc%11)nc(-c%11cccc%12c%11sc%11ccccc%11%12)n%10)cccc9c78)nc56)cc34)n2)cc1. The Morgan fingerprint density at radius 2 is 0.588 bits per heavy atom. The zero-order chi connectivity index (χ0) is 74.6. The molecule has 0 radical (unpaired) electrons. The Kier molecular flexibility index (Phi) is 14.5. The highest BCUT2D eigenvalue weighted by molar-refractivity contribution is 7.27. The highest BCUT2D eigenvalue weighted by Crippen LogP contribution is 2.49. The fraction of sp³-hybridized carbons (Fsp3) is 0. The maximum absolute atomic E-state index is 7.01. The van der Waals surface area contributed by atoms with E-state index in [0.29, 0.717) is 68.9 Å². The van der Waals surface area contributed by atoms with Gasteiger partial charge in [0.25, 0.3) is 0 Å². The smallest absolute Gasteiger partial charge is 0.167 e. The van der Waals surface area contributed by atoms with Crippen molar-refractivity contribution >= 4 is 170 Å². The summed E-state index contributed by atoms with van der Waals surface area (Å²) in [6.07, 6.45) is 0. The summed E-state index contributed by atoms with van der Waals surface area (Å²) in [5.41, 5.74) is 17.4. The van der Waals surface area contributed by atoms with Crippen molar-refractivity contribution in [3.8, 4) is 125 Å². The van der Waals surface area contributed by atoms with Crippen LogP contribution < -0.4 is 0 Å². The highest BCUT2D eigenvalue weighted by Gasteiger charge is 2.27. The molecule has 114 heavy (non-hydrogen) atoms. The molecule has 0 saturated heterocycles. The molecule has 10 aromatic heterocycles. The van der Waals surface area contributed by atoms with E-state index in [-0.39, 0.29) is 0 Å². The van der Waals surface area contributed by atoms with E-state index < -0.39 is 0 Å². The van der Waals surface area contributed by atoms with Gasteiger partial charge in [-0.2, -0.15) is 0 Å². The van der Waals surface area contributed by atoms with Crippen LogP contribution in [0, 0.1) is 0 Å². The number of hydrogen-bond donors (Lipinski definition) is 0. The molecule has 0 aliphatic carbocycles. The summed E-state index contributed by atoms with van der Waals surface area (Å²) < 4.78 is 22.9. The molecule has 530 valence electrons. The number of thiophene rings is 4. The first kappa shape index (κ1) is 64.5. The molecule has 0 fully saturated rings. The van der Waals surface area contributed by atoms with Gasteiger partial charge in [-0.1, -0.05) is 243 Å². The Bertz CT molecular complexity index is 8140. The van der Waals surface area contributed by atoms with E-state index in [9.17, 15) is 0 Å². The van der Waals surface area contributed by atoms with Crippen LogP contribution in [0.5, 0.6) is 0 Å². The van der Waals surface area contributed by atoms with Crippen LogP contribution in [-0.2, 0) is 0 Å². The average molecular weight is 1530 g/mol. The summed E-state index contributed by atoms with van der Waals surface area (Å²) in [5.74, 6) is 4.55. The fourth-order valence-corrected chi connectivity index (χ4v) is 21.1. The van der Waals surface area contributed by atoms with Crippen molar-refractivity contribution < 1.29 is 8.83 Å². The molecule has 0 atom stereocenters. The predicted octanol–water partition coefficient (Wildman–Crippen LogP) is 27.2.